The number of anilines is 1. The van der Waals surface area contributed by atoms with E-state index in [1.807, 2.05) is 11.7 Å². The van der Waals surface area contributed by atoms with Gasteiger partial charge in [-0.25, -0.2) is 9.67 Å². The zero-order chi connectivity index (χ0) is 13.0. The number of hydrogen-bond donors (Lipinski definition) is 1. The van der Waals surface area contributed by atoms with Gasteiger partial charge < -0.3 is 10.6 Å². The second-order valence-corrected chi connectivity index (χ2v) is 4.22. The Morgan fingerprint density at radius 3 is 2.61 bits per heavy atom. The highest BCUT2D eigenvalue weighted by Gasteiger charge is 2.07. The van der Waals surface area contributed by atoms with Crippen LogP contribution in [-0.4, -0.2) is 21.8 Å². The molecule has 5 heteroatoms. The highest BCUT2D eigenvalue weighted by molar-refractivity contribution is 5.46. The Balaban J connectivity index is 2.09. The summed E-state index contributed by atoms with van der Waals surface area (Å²) in [5.41, 5.74) is 7.88. The molecule has 0 amide bonds. The van der Waals surface area contributed by atoms with Gasteiger partial charge in [-0.3, -0.25) is 0 Å². The van der Waals surface area contributed by atoms with Crippen molar-refractivity contribution in [2.24, 2.45) is 5.73 Å². The van der Waals surface area contributed by atoms with E-state index in [0.717, 1.165) is 30.2 Å². The molecule has 5 nitrogen and oxygen atoms in total. The van der Waals surface area contributed by atoms with Crippen molar-refractivity contribution in [1.29, 1.82) is 0 Å². The molecular formula is C13H19N5. The van der Waals surface area contributed by atoms with Gasteiger partial charge in [0.15, 0.2) is 0 Å². The van der Waals surface area contributed by atoms with Crippen molar-refractivity contribution in [1.82, 2.24) is 14.8 Å². The first-order valence-corrected chi connectivity index (χ1v) is 6.11. The first-order valence-electron chi connectivity index (χ1n) is 6.11. The molecule has 2 rings (SSSR count). The third-order valence-electron chi connectivity index (χ3n) is 2.99. The zero-order valence-electron chi connectivity index (χ0n) is 10.9. The van der Waals surface area contributed by atoms with E-state index in [-0.39, 0.29) is 0 Å². The number of hydrogen-bond acceptors (Lipinski definition) is 4. The quantitative estimate of drug-likeness (QED) is 0.865. The lowest BCUT2D eigenvalue weighted by Crippen LogP contribution is -2.20. The number of aryl methyl sites for hydroxylation is 1. The largest absolute Gasteiger partial charge is 0.367 e. The van der Waals surface area contributed by atoms with Crippen LogP contribution >= 0.6 is 0 Å². The van der Waals surface area contributed by atoms with Crippen LogP contribution in [0.2, 0.25) is 0 Å². The van der Waals surface area contributed by atoms with Crippen molar-refractivity contribution >= 4 is 5.69 Å². The van der Waals surface area contributed by atoms with Gasteiger partial charge in [-0.2, -0.15) is 5.10 Å². The second-order valence-electron chi connectivity index (χ2n) is 4.22. The first-order chi connectivity index (χ1) is 8.74. The van der Waals surface area contributed by atoms with Gasteiger partial charge in [-0.1, -0.05) is 12.1 Å². The molecule has 2 aromatic rings. The topological polar surface area (TPSA) is 60.0 Å². The van der Waals surface area contributed by atoms with E-state index < -0.39 is 0 Å². The first kappa shape index (κ1) is 12.6. The van der Waals surface area contributed by atoms with Gasteiger partial charge in [-0.15, -0.1) is 0 Å². The Morgan fingerprint density at radius 2 is 2.00 bits per heavy atom. The van der Waals surface area contributed by atoms with E-state index in [4.69, 9.17) is 5.73 Å². The Kier molecular flexibility index (Phi) is 3.94. The Labute approximate surface area is 107 Å². The predicted molar refractivity (Wildman–Crippen MR) is 72.1 cm³/mol. The summed E-state index contributed by atoms with van der Waals surface area (Å²) in [4.78, 5) is 6.43. The SMILES string of the molecule is CCn1ncnc1CN(C)c1ccc(CN)cc1. The minimum absolute atomic E-state index is 0.578. The molecule has 1 aromatic heterocycles. The maximum Gasteiger partial charge on any atom is 0.146 e. The summed E-state index contributed by atoms with van der Waals surface area (Å²) in [5, 5.41) is 4.17. The second kappa shape index (κ2) is 5.64. The van der Waals surface area contributed by atoms with Gasteiger partial charge in [0, 0.05) is 25.8 Å². The van der Waals surface area contributed by atoms with Crippen LogP contribution in [0.1, 0.15) is 18.3 Å². The fraction of sp³-hybridized carbons (Fsp3) is 0.385. The fourth-order valence-electron chi connectivity index (χ4n) is 1.86. The summed E-state index contributed by atoms with van der Waals surface area (Å²) in [5.74, 6) is 0.975. The zero-order valence-corrected chi connectivity index (χ0v) is 10.9. The maximum absolute atomic E-state index is 5.59. The molecule has 18 heavy (non-hydrogen) atoms. The predicted octanol–water partition coefficient (Wildman–Crippen LogP) is 1.39. The Morgan fingerprint density at radius 1 is 1.28 bits per heavy atom. The number of rotatable bonds is 5. The van der Waals surface area contributed by atoms with Gasteiger partial charge in [0.2, 0.25) is 0 Å². The van der Waals surface area contributed by atoms with E-state index in [0.29, 0.717) is 6.54 Å². The van der Waals surface area contributed by atoms with Gasteiger partial charge in [0.05, 0.1) is 6.54 Å². The normalized spacial score (nSPS) is 10.6. The lowest BCUT2D eigenvalue weighted by atomic mass is 10.2. The lowest BCUT2D eigenvalue weighted by molar-refractivity contribution is 0.610. The molecule has 1 heterocycles. The molecule has 0 fully saturated rings. The third-order valence-corrected chi connectivity index (χ3v) is 2.99. The van der Waals surface area contributed by atoms with E-state index >= 15 is 0 Å². The van der Waals surface area contributed by atoms with Crippen molar-refractivity contribution < 1.29 is 0 Å². The molecule has 0 aliphatic rings. The van der Waals surface area contributed by atoms with Crippen molar-refractivity contribution in [2.75, 3.05) is 11.9 Å². The smallest absolute Gasteiger partial charge is 0.146 e. The van der Waals surface area contributed by atoms with Crippen LogP contribution in [-0.2, 0) is 19.6 Å². The van der Waals surface area contributed by atoms with Crippen molar-refractivity contribution in [3.05, 3.63) is 42.0 Å². The number of benzene rings is 1. The van der Waals surface area contributed by atoms with Crippen molar-refractivity contribution in [3.63, 3.8) is 0 Å². The summed E-state index contributed by atoms with van der Waals surface area (Å²) >= 11 is 0. The van der Waals surface area contributed by atoms with Crippen molar-refractivity contribution in [3.8, 4) is 0 Å². The minimum atomic E-state index is 0.578. The average Bonchev–Trinajstić information content (AvgIpc) is 2.86. The van der Waals surface area contributed by atoms with Crippen LogP contribution in [0.15, 0.2) is 30.6 Å². The van der Waals surface area contributed by atoms with Crippen LogP contribution in [0.25, 0.3) is 0 Å². The van der Waals surface area contributed by atoms with Gasteiger partial charge in [-0.05, 0) is 24.6 Å². The maximum atomic E-state index is 5.59. The lowest BCUT2D eigenvalue weighted by Gasteiger charge is -2.19. The average molecular weight is 245 g/mol. The van der Waals surface area contributed by atoms with Crippen LogP contribution in [0.5, 0.6) is 0 Å². The van der Waals surface area contributed by atoms with Crippen LogP contribution in [0, 0.1) is 0 Å². The summed E-state index contributed by atoms with van der Waals surface area (Å²) < 4.78 is 1.91. The van der Waals surface area contributed by atoms with Gasteiger partial charge in [0.1, 0.15) is 12.2 Å². The van der Waals surface area contributed by atoms with E-state index in [2.05, 4.69) is 46.2 Å². The molecule has 0 radical (unpaired) electrons. The molecular weight excluding hydrogens is 226 g/mol. The molecule has 0 saturated heterocycles. The summed E-state index contributed by atoms with van der Waals surface area (Å²) in [7, 11) is 2.05. The van der Waals surface area contributed by atoms with Crippen LogP contribution in [0.4, 0.5) is 5.69 Å². The molecule has 0 spiro atoms. The molecule has 0 atom stereocenters. The Hall–Kier alpha value is -1.88. The summed E-state index contributed by atoms with van der Waals surface area (Å²) in [6, 6.07) is 8.26. The standard InChI is InChI=1S/C13H19N5/c1-3-18-13(15-10-16-18)9-17(2)12-6-4-11(8-14)5-7-12/h4-7,10H,3,8-9,14H2,1-2H3. The number of nitrogens with two attached hydrogens (primary N) is 1. The monoisotopic (exact) mass is 245 g/mol. The van der Waals surface area contributed by atoms with E-state index in [1.165, 1.54) is 0 Å². The highest BCUT2D eigenvalue weighted by atomic mass is 15.3. The highest BCUT2D eigenvalue weighted by Crippen LogP contribution is 2.15. The fourth-order valence-corrected chi connectivity index (χ4v) is 1.86. The molecule has 2 N–H and O–H groups in total. The van der Waals surface area contributed by atoms with Crippen LogP contribution in [0.3, 0.4) is 0 Å². The molecule has 0 aliphatic carbocycles. The molecule has 0 saturated carbocycles. The molecule has 0 bridgehead atoms. The third kappa shape index (κ3) is 2.68. The number of aromatic nitrogens is 3. The summed E-state index contributed by atoms with van der Waals surface area (Å²) in [6.07, 6.45) is 1.60. The minimum Gasteiger partial charge on any atom is -0.367 e. The van der Waals surface area contributed by atoms with E-state index in [1.54, 1.807) is 6.33 Å². The van der Waals surface area contributed by atoms with Gasteiger partial charge in [0.25, 0.3) is 0 Å². The molecule has 0 aliphatic heterocycles. The molecule has 0 unspecified atom stereocenters. The van der Waals surface area contributed by atoms with E-state index in [9.17, 15) is 0 Å². The van der Waals surface area contributed by atoms with Gasteiger partial charge >= 0.3 is 0 Å². The number of nitrogens with zero attached hydrogens (tertiary/aromatic N) is 4. The molecule has 1 aromatic carbocycles. The Bertz CT molecular complexity index is 488. The summed E-state index contributed by atoms with van der Waals surface area (Å²) in [6.45, 7) is 4.23. The van der Waals surface area contributed by atoms with Crippen LogP contribution < -0.4 is 10.6 Å². The molecule has 96 valence electrons. The van der Waals surface area contributed by atoms with Crippen molar-refractivity contribution in [2.45, 2.75) is 26.6 Å².